The summed E-state index contributed by atoms with van der Waals surface area (Å²) in [5.74, 6) is 0.642. The second kappa shape index (κ2) is 7.70. The summed E-state index contributed by atoms with van der Waals surface area (Å²) in [5.41, 5.74) is 6.90. The molecule has 1 rings (SSSR count). The van der Waals surface area contributed by atoms with E-state index in [1.54, 1.807) is 0 Å². The Morgan fingerprint density at radius 1 is 1.35 bits per heavy atom. The highest BCUT2D eigenvalue weighted by molar-refractivity contribution is 6.31. The summed E-state index contributed by atoms with van der Waals surface area (Å²) in [4.78, 5) is 2.31. The molecule has 2 N–H and O–H groups in total. The first-order valence-electron chi connectivity index (χ1n) is 6.29. The van der Waals surface area contributed by atoms with Gasteiger partial charge in [-0.05, 0) is 44.1 Å². The highest BCUT2D eigenvalue weighted by Gasteiger charge is 2.07. The molecule has 3 heteroatoms. The summed E-state index contributed by atoms with van der Waals surface area (Å²) in [6, 6.07) is 8.02. The Balaban J connectivity index is 2.39. The molecule has 0 amide bonds. The van der Waals surface area contributed by atoms with Crippen LogP contribution in [0.4, 0.5) is 0 Å². The molecule has 0 heterocycles. The molecule has 0 saturated carbocycles. The standard InChI is InChI=1S/C14H23ClN2/c1-3-12(10-16)8-9-17(2)11-13-6-4-5-7-14(13)15/h4-7,12H,3,8-11,16H2,1-2H3. The molecule has 0 aliphatic carbocycles. The summed E-state index contributed by atoms with van der Waals surface area (Å²) in [6.45, 7) is 4.96. The van der Waals surface area contributed by atoms with Gasteiger partial charge in [-0.15, -0.1) is 0 Å². The molecule has 0 saturated heterocycles. The fourth-order valence-corrected chi connectivity index (χ4v) is 2.08. The summed E-state index contributed by atoms with van der Waals surface area (Å²) in [6.07, 6.45) is 2.32. The van der Waals surface area contributed by atoms with E-state index in [0.717, 1.165) is 37.5 Å². The zero-order valence-corrected chi connectivity index (χ0v) is 11.6. The van der Waals surface area contributed by atoms with E-state index in [0.29, 0.717) is 5.92 Å². The minimum atomic E-state index is 0.642. The van der Waals surface area contributed by atoms with Gasteiger partial charge < -0.3 is 10.6 Å². The molecule has 1 aromatic rings. The van der Waals surface area contributed by atoms with Gasteiger partial charge in [0.05, 0.1) is 0 Å². The fourth-order valence-electron chi connectivity index (χ4n) is 1.89. The van der Waals surface area contributed by atoms with Crippen LogP contribution in [0.25, 0.3) is 0 Å². The largest absolute Gasteiger partial charge is 0.330 e. The Morgan fingerprint density at radius 2 is 2.06 bits per heavy atom. The Hall–Kier alpha value is -0.570. The Morgan fingerprint density at radius 3 is 2.65 bits per heavy atom. The molecular weight excluding hydrogens is 232 g/mol. The monoisotopic (exact) mass is 254 g/mol. The average Bonchev–Trinajstić information content (AvgIpc) is 2.33. The van der Waals surface area contributed by atoms with E-state index < -0.39 is 0 Å². The first-order chi connectivity index (χ1) is 8.17. The van der Waals surface area contributed by atoms with Gasteiger partial charge >= 0.3 is 0 Å². The van der Waals surface area contributed by atoms with Crippen LogP contribution in [0.2, 0.25) is 5.02 Å². The highest BCUT2D eigenvalue weighted by atomic mass is 35.5. The number of benzene rings is 1. The van der Waals surface area contributed by atoms with Crippen LogP contribution in [-0.4, -0.2) is 25.0 Å². The average molecular weight is 255 g/mol. The Kier molecular flexibility index (Phi) is 6.56. The van der Waals surface area contributed by atoms with Crippen LogP contribution in [0.3, 0.4) is 0 Å². The van der Waals surface area contributed by atoms with Crippen molar-refractivity contribution < 1.29 is 0 Å². The van der Waals surface area contributed by atoms with E-state index >= 15 is 0 Å². The Labute approximate surface area is 110 Å². The number of hydrogen-bond acceptors (Lipinski definition) is 2. The van der Waals surface area contributed by atoms with E-state index in [2.05, 4.69) is 24.9 Å². The number of nitrogens with zero attached hydrogens (tertiary/aromatic N) is 1. The van der Waals surface area contributed by atoms with Gasteiger partial charge in [-0.1, -0.05) is 43.1 Å². The zero-order valence-electron chi connectivity index (χ0n) is 10.8. The van der Waals surface area contributed by atoms with Crippen molar-refractivity contribution >= 4 is 11.6 Å². The van der Waals surface area contributed by atoms with Crippen molar-refractivity contribution in [1.82, 2.24) is 4.90 Å². The van der Waals surface area contributed by atoms with Gasteiger partial charge in [0.25, 0.3) is 0 Å². The van der Waals surface area contributed by atoms with E-state index in [4.69, 9.17) is 17.3 Å². The molecular formula is C14H23ClN2. The van der Waals surface area contributed by atoms with Crippen LogP contribution in [-0.2, 0) is 6.54 Å². The number of halogens is 1. The highest BCUT2D eigenvalue weighted by Crippen LogP contribution is 2.17. The van der Waals surface area contributed by atoms with Gasteiger partial charge in [0.1, 0.15) is 0 Å². The van der Waals surface area contributed by atoms with E-state index in [1.165, 1.54) is 5.56 Å². The molecule has 0 aliphatic rings. The molecule has 1 aromatic carbocycles. The summed E-state index contributed by atoms with van der Waals surface area (Å²) in [7, 11) is 2.13. The first-order valence-corrected chi connectivity index (χ1v) is 6.67. The summed E-state index contributed by atoms with van der Waals surface area (Å²) >= 11 is 6.14. The maximum Gasteiger partial charge on any atom is 0.0451 e. The van der Waals surface area contributed by atoms with Crippen LogP contribution in [0, 0.1) is 5.92 Å². The van der Waals surface area contributed by atoms with Gasteiger partial charge in [-0.2, -0.15) is 0 Å². The maximum absolute atomic E-state index is 6.14. The van der Waals surface area contributed by atoms with Gasteiger partial charge in [0.15, 0.2) is 0 Å². The molecule has 0 radical (unpaired) electrons. The second-order valence-corrected chi connectivity index (χ2v) is 5.04. The first kappa shape index (κ1) is 14.5. The minimum absolute atomic E-state index is 0.642. The lowest BCUT2D eigenvalue weighted by Crippen LogP contribution is -2.24. The molecule has 2 nitrogen and oxygen atoms in total. The van der Waals surface area contributed by atoms with Crippen molar-refractivity contribution in [3.05, 3.63) is 34.9 Å². The van der Waals surface area contributed by atoms with Crippen molar-refractivity contribution in [1.29, 1.82) is 0 Å². The number of rotatable bonds is 7. The summed E-state index contributed by atoms with van der Waals surface area (Å²) < 4.78 is 0. The Bertz CT molecular complexity index is 324. The fraction of sp³-hybridized carbons (Fsp3) is 0.571. The molecule has 1 unspecified atom stereocenters. The van der Waals surface area contributed by atoms with Crippen molar-refractivity contribution in [3.63, 3.8) is 0 Å². The van der Waals surface area contributed by atoms with E-state index in [-0.39, 0.29) is 0 Å². The van der Waals surface area contributed by atoms with E-state index in [1.807, 2.05) is 18.2 Å². The third-order valence-corrected chi connectivity index (χ3v) is 3.60. The lowest BCUT2D eigenvalue weighted by Gasteiger charge is -2.20. The number of hydrogen-bond donors (Lipinski definition) is 1. The van der Waals surface area contributed by atoms with Gasteiger partial charge in [-0.3, -0.25) is 0 Å². The topological polar surface area (TPSA) is 29.3 Å². The minimum Gasteiger partial charge on any atom is -0.330 e. The molecule has 1 atom stereocenters. The number of nitrogens with two attached hydrogens (primary N) is 1. The normalized spacial score (nSPS) is 13.0. The van der Waals surface area contributed by atoms with Crippen LogP contribution in [0.1, 0.15) is 25.3 Å². The van der Waals surface area contributed by atoms with Crippen molar-refractivity contribution in [2.24, 2.45) is 11.7 Å². The predicted octanol–water partition coefficient (Wildman–Crippen LogP) is 3.15. The molecule has 96 valence electrons. The molecule has 17 heavy (non-hydrogen) atoms. The van der Waals surface area contributed by atoms with Gasteiger partial charge in [0.2, 0.25) is 0 Å². The molecule has 0 bridgehead atoms. The van der Waals surface area contributed by atoms with Gasteiger partial charge in [-0.25, -0.2) is 0 Å². The zero-order chi connectivity index (χ0) is 12.7. The van der Waals surface area contributed by atoms with Gasteiger partial charge in [0, 0.05) is 11.6 Å². The van der Waals surface area contributed by atoms with Crippen LogP contribution < -0.4 is 5.73 Å². The third-order valence-electron chi connectivity index (χ3n) is 3.23. The lowest BCUT2D eigenvalue weighted by molar-refractivity contribution is 0.292. The summed E-state index contributed by atoms with van der Waals surface area (Å²) in [5, 5.41) is 0.852. The quantitative estimate of drug-likeness (QED) is 0.810. The van der Waals surface area contributed by atoms with Crippen LogP contribution in [0.15, 0.2) is 24.3 Å². The SMILES string of the molecule is CCC(CN)CCN(C)Cc1ccccc1Cl. The predicted molar refractivity (Wildman–Crippen MR) is 75.2 cm³/mol. The third kappa shape index (κ3) is 5.07. The van der Waals surface area contributed by atoms with Crippen molar-refractivity contribution in [2.75, 3.05) is 20.1 Å². The molecule has 0 aromatic heterocycles. The smallest absolute Gasteiger partial charge is 0.0451 e. The second-order valence-electron chi connectivity index (χ2n) is 4.63. The molecule has 0 fully saturated rings. The van der Waals surface area contributed by atoms with Crippen LogP contribution in [0.5, 0.6) is 0 Å². The van der Waals surface area contributed by atoms with E-state index in [9.17, 15) is 0 Å². The maximum atomic E-state index is 6.14. The van der Waals surface area contributed by atoms with Crippen molar-refractivity contribution in [3.8, 4) is 0 Å². The van der Waals surface area contributed by atoms with Crippen LogP contribution >= 0.6 is 11.6 Å². The molecule has 0 spiro atoms. The lowest BCUT2D eigenvalue weighted by atomic mass is 10.0. The molecule has 0 aliphatic heterocycles. The van der Waals surface area contributed by atoms with Crippen molar-refractivity contribution in [2.45, 2.75) is 26.3 Å².